The van der Waals surface area contributed by atoms with E-state index in [0.717, 1.165) is 6.54 Å². The van der Waals surface area contributed by atoms with E-state index in [1.54, 1.807) is 0 Å². The Morgan fingerprint density at radius 2 is 1.75 bits per heavy atom. The summed E-state index contributed by atoms with van der Waals surface area (Å²) in [4.78, 5) is 0. The van der Waals surface area contributed by atoms with Crippen LogP contribution in [0.15, 0.2) is 24.3 Å². The molecule has 1 rings (SSSR count). The second kappa shape index (κ2) is 7.45. The van der Waals surface area contributed by atoms with Gasteiger partial charge in [0, 0.05) is 6.04 Å². The van der Waals surface area contributed by atoms with Crippen molar-refractivity contribution in [1.82, 2.24) is 5.32 Å². The molecule has 1 heteroatoms. The summed E-state index contributed by atoms with van der Waals surface area (Å²) in [5.74, 6) is 0. The molecule has 1 unspecified atom stereocenters. The molecule has 0 spiro atoms. The monoisotopic (exact) mass is 219 g/mol. The first-order valence-electron chi connectivity index (χ1n) is 6.55. The van der Waals surface area contributed by atoms with E-state index in [-0.39, 0.29) is 0 Å². The molecule has 90 valence electrons. The topological polar surface area (TPSA) is 12.0 Å². The van der Waals surface area contributed by atoms with Gasteiger partial charge in [-0.25, -0.2) is 0 Å². The molecule has 16 heavy (non-hydrogen) atoms. The molecule has 0 amide bonds. The van der Waals surface area contributed by atoms with Gasteiger partial charge in [0.05, 0.1) is 0 Å². The number of benzene rings is 1. The Hall–Kier alpha value is -0.820. The van der Waals surface area contributed by atoms with Gasteiger partial charge in [0.1, 0.15) is 0 Å². The lowest BCUT2D eigenvalue weighted by Crippen LogP contribution is -2.29. The summed E-state index contributed by atoms with van der Waals surface area (Å²) in [6.07, 6.45) is 5.01. The molecule has 0 fully saturated rings. The zero-order valence-corrected chi connectivity index (χ0v) is 10.9. The van der Waals surface area contributed by atoms with Crippen molar-refractivity contribution in [2.75, 3.05) is 6.54 Å². The molecule has 0 saturated heterocycles. The second-order valence-corrected chi connectivity index (χ2v) is 4.57. The van der Waals surface area contributed by atoms with Crippen LogP contribution in [-0.2, 0) is 6.42 Å². The molecule has 0 aliphatic heterocycles. The minimum Gasteiger partial charge on any atom is -0.314 e. The zero-order chi connectivity index (χ0) is 11.8. The Labute approximate surface area is 100 Å². The van der Waals surface area contributed by atoms with Crippen molar-refractivity contribution in [3.63, 3.8) is 0 Å². The van der Waals surface area contributed by atoms with Crippen LogP contribution >= 0.6 is 0 Å². The van der Waals surface area contributed by atoms with Crippen LogP contribution in [-0.4, -0.2) is 12.6 Å². The van der Waals surface area contributed by atoms with Crippen LogP contribution in [0.1, 0.15) is 44.2 Å². The van der Waals surface area contributed by atoms with Crippen molar-refractivity contribution in [2.45, 2.75) is 52.5 Å². The van der Waals surface area contributed by atoms with E-state index < -0.39 is 0 Å². The van der Waals surface area contributed by atoms with Crippen LogP contribution in [0, 0.1) is 6.92 Å². The molecular weight excluding hydrogens is 194 g/mol. The highest BCUT2D eigenvalue weighted by molar-refractivity contribution is 5.21. The van der Waals surface area contributed by atoms with Crippen molar-refractivity contribution in [3.8, 4) is 0 Å². The highest BCUT2D eigenvalue weighted by atomic mass is 14.9. The fourth-order valence-corrected chi connectivity index (χ4v) is 2.08. The molecule has 1 N–H and O–H groups in total. The number of hydrogen-bond acceptors (Lipinski definition) is 1. The minimum atomic E-state index is 0.691. The lowest BCUT2D eigenvalue weighted by molar-refractivity contribution is 0.460. The Kier molecular flexibility index (Phi) is 6.17. The maximum atomic E-state index is 3.57. The van der Waals surface area contributed by atoms with Crippen LogP contribution in [0.2, 0.25) is 0 Å². The Balaban J connectivity index is 2.38. The van der Waals surface area contributed by atoms with E-state index in [2.05, 4.69) is 50.4 Å². The maximum Gasteiger partial charge on any atom is 0.00700 e. The Bertz CT molecular complexity index is 270. The molecule has 0 heterocycles. The molecule has 1 aromatic carbocycles. The predicted octanol–water partition coefficient (Wildman–Crippen LogP) is 3.71. The molecule has 0 aliphatic rings. The smallest absolute Gasteiger partial charge is 0.00700 e. The molecule has 0 bridgehead atoms. The first-order chi connectivity index (χ1) is 7.76. The fraction of sp³-hybridized carbons (Fsp3) is 0.600. The van der Waals surface area contributed by atoms with Gasteiger partial charge in [-0.2, -0.15) is 0 Å². The molecular formula is C15H25N. The quantitative estimate of drug-likeness (QED) is 0.737. The van der Waals surface area contributed by atoms with Crippen LogP contribution in [0.4, 0.5) is 0 Å². The third-order valence-corrected chi connectivity index (χ3v) is 3.03. The van der Waals surface area contributed by atoms with Gasteiger partial charge in [0.2, 0.25) is 0 Å². The van der Waals surface area contributed by atoms with Gasteiger partial charge in [0.25, 0.3) is 0 Å². The van der Waals surface area contributed by atoms with E-state index in [0.29, 0.717) is 6.04 Å². The van der Waals surface area contributed by atoms with E-state index in [9.17, 15) is 0 Å². The molecule has 1 nitrogen and oxygen atoms in total. The molecule has 0 aromatic heterocycles. The lowest BCUT2D eigenvalue weighted by Gasteiger charge is -2.16. The molecule has 1 atom stereocenters. The zero-order valence-electron chi connectivity index (χ0n) is 10.9. The number of nitrogens with one attached hydrogen (secondary N) is 1. The third kappa shape index (κ3) is 4.80. The summed E-state index contributed by atoms with van der Waals surface area (Å²) < 4.78 is 0. The molecule has 1 aromatic rings. The SMILES string of the molecule is CCCC(CCc1ccc(C)cc1)NCC. The summed E-state index contributed by atoms with van der Waals surface area (Å²) >= 11 is 0. The molecule has 0 radical (unpaired) electrons. The van der Waals surface area contributed by atoms with E-state index >= 15 is 0 Å². The van der Waals surface area contributed by atoms with Gasteiger partial charge in [-0.3, -0.25) is 0 Å². The van der Waals surface area contributed by atoms with Crippen LogP contribution < -0.4 is 5.32 Å². The molecule has 0 saturated carbocycles. The van der Waals surface area contributed by atoms with E-state index in [4.69, 9.17) is 0 Å². The summed E-state index contributed by atoms with van der Waals surface area (Å²) in [6.45, 7) is 7.67. The van der Waals surface area contributed by atoms with Crippen molar-refractivity contribution < 1.29 is 0 Å². The number of rotatable bonds is 7. The summed E-state index contributed by atoms with van der Waals surface area (Å²) in [5, 5.41) is 3.57. The van der Waals surface area contributed by atoms with Crippen molar-refractivity contribution >= 4 is 0 Å². The van der Waals surface area contributed by atoms with Crippen LogP contribution in [0.25, 0.3) is 0 Å². The first kappa shape index (κ1) is 13.2. The fourth-order valence-electron chi connectivity index (χ4n) is 2.08. The van der Waals surface area contributed by atoms with Crippen molar-refractivity contribution in [2.24, 2.45) is 0 Å². The lowest BCUT2D eigenvalue weighted by atomic mass is 10.0. The normalized spacial score (nSPS) is 12.7. The van der Waals surface area contributed by atoms with Gasteiger partial charge in [-0.1, -0.05) is 50.1 Å². The summed E-state index contributed by atoms with van der Waals surface area (Å²) in [5.41, 5.74) is 2.81. The third-order valence-electron chi connectivity index (χ3n) is 3.03. The summed E-state index contributed by atoms with van der Waals surface area (Å²) in [7, 11) is 0. The van der Waals surface area contributed by atoms with Gasteiger partial charge < -0.3 is 5.32 Å². The van der Waals surface area contributed by atoms with Crippen LogP contribution in [0.5, 0.6) is 0 Å². The van der Waals surface area contributed by atoms with Gasteiger partial charge >= 0.3 is 0 Å². The summed E-state index contributed by atoms with van der Waals surface area (Å²) in [6, 6.07) is 9.61. The standard InChI is InChI=1S/C15H25N/c1-4-6-15(16-5-2)12-11-14-9-7-13(3)8-10-14/h7-10,15-16H,4-6,11-12H2,1-3H3. The maximum absolute atomic E-state index is 3.57. The number of hydrogen-bond donors (Lipinski definition) is 1. The largest absolute Gasteiger partial charge is 0.314 e. The Morgan fingerprint density at radius 3 is 2.31 bits per heavy atom. The average Bonchev–Trinajstić information content (AvgIpc) is 2.29. The Morgan fingerprint density at radius 1 is 1.06 bits per heavy atom. The van der Waals surface area contributed by atoms with Gasteiger partial charge in [-0.05, 0) is 38.3 Å². The van der Waals surface area contributed by atoms with Gasteiger partial charge in [0.15, 0.2) is 0 Å². The highest BCUT2D eigenvalue weighted by Gasteiger charge is 2.05. The van der Waals surface area contributed by atoms with Crippen molar-refractivity contribution in [1.29, 1.82) is 0 Å². The highest BCUT2D eigenvalue weighted by Crippen LogP contribution is 2.10. The number of aryl methyl sites for hydroxylation is 2. The minimum absolute atomic E-state index is 0.691. The average molecular weight is 219 g/mol. The van der Waals surface area contributed by atoms with Gasteiger partial charge in [-0.15, -0.1) is 0 Å². The van der Waals surface area contributed by atoms with E-state index in [1.807, 2.05) is 0 Å². The molecule has 0 aliphatic carbocycles. The van der Waals surface area contributed by atoms with Crippen molar-refractivity contribution in [3.05, 3.63) is 35.4 Å². The van der Waals surface area contributed by atoms with Crippen LogP contribution in [0.3, 0.4) is 0 Å². The van der Waals surface area contributed by atoms with E-state index in [1.165, 1.54) is 36.8 Å². The predicted molar refractivity (Wildman–Crippen MR) is 71.9 cm³/mol. The second-order valence-electron chi connectivity index (χ2n) is 4.57. The first-order valence-corrected chi connectivity index (χ1v) is 6.55.